The molecule has 1 aliphatic rings. The normalized spacial score (nSPS) is 20.7. The molecule has 1 fully saturated rings. The number of halogens is 3. The molecular weight excluding hydrogens is 293 g/mol. The van der Waals surface area contributed by atoms with Gasteiger partial charge in [-0.05, 0) is 19.3 Å². The highest BCUT2D eigenvalue weighted by Crippen LogP contribution is 2.19. The van der Waals surface area contributed by atoms with Crippen molar-refractivity contribution >= 4 is 5.96 Å². The molecule has 0 aromatic carbocycles. The maximum Gasteiger partial charge on any atom is 0.401 e. The molecule has 2 N–H and O–H groups in total. The van der Waals surface area contributed by atoms with Crippen LogP contribution in [-0.4, -0.2) is 55.8 Å². The summed E-state index contributed by atoms with van der Waals surface area (Å²) in [4.78, 5) is 6.02. The van der Waals surface area contributed by atoms with Crippen molar-refractivity contribution in [2.75, 3.05) is 32.7 Å². The van der Waals surface area contributed by atoms with Gasteiger partial charge in [-0.3, -0.25) is 9.89 Å². The van der Waals surface area contributed by atoms with Crippen molar-refractivity contribution in [1.29, 1.82) is 0 Å². The van der Waals surface area contributed by atoms with Gasteiger partial charge in [-0.15, -0.1) is 0 Å². The number of guanidine groups is 1. The number of nitrogens with one attached hydrogen (secondary N) is 2. The van der Waals surface area contributed by atoms with E-state index in [0.29, 0.717) is 31.4 Å². The van der Waals surface area contributed by atoms with Crippen LogP contribution in [-0.2, 0) is 0 Å². The second kappa shape index (κ2) is 9.22. The molecule has 0 radical (unpaired) electrons. The van der Waals surface area contributed by atoms with Crippen LogP contribution >= 0.6 is 0 Å². The van der Waals surface area contributed by atoms with Gasteiger partial charge in [-0.1, -0.05) is 26.7 Å². The summed E-state index contributed by atoms with van der Waals surface area (Å²) in [7, 11) is 0. The summed E-state index contributed by atoms with van der Waals surface area (Å²) in [6, 6.07) is 0.0295. The Hall–Kier alpha value is -0.980. The van der Waals surface area contributed by atoms with E-state index in [4.69, 9.17) is 0 Å². The Morgan fingerprint density at radius 2 is 1.95 bits per heavy atom. The van der Waals surface area contributed by atoms with Gasteiger partial charge in [0.05, 0.1) is 6.54 Å². The standard InChI is InChI=1S/C15H29F3N4/c1-4-12(5-2)9-20-14(19-6-3)21-13-7-8-22(10-13)11-15(16,17)18/h12-13H,4-11H2,1-3H3,(H2,19,20,21). The minimum absolute atomic E-state index is 0.0295. The molecule has 0 aliphatic carbocycles. The van der Waals surface area contributed by atoms with Crippen LogP contribution in [0.3, 0.4) is 0 Å². The molecule has 0 amide bonds. The van der Waals surface area contributed by atoms with Crippen molar-refractivity contribution in [3.63, 3.8) is 0 Å². The summed E-state index contributed by atoms with van der Waals surface area (Å²) in [5.41, 5.74) is 0. The van der Waals surface area contributed by atoms with Gasteiger partial charge in [0.1, 0.15) is 0 Å². The van der Waals surface area contributed by atoms with E-state index in [1.807, 2.05) is 6.92 Å². The van der Waals surface area contributed by atoms with E-state index in [1.165, 1.54) is 4.90 Å². The van der Waals surface area contributed by atoms with Crippen molar-refractivity contribution in [3.05, 3.63) is 0 Å². The third kappa shape index (κ3) is 7.33. The minimum atomic E-state index is -4.12. The Bertz CT molecular complexity index is 340. The van der Waals surface area contributed by atoms with Gasteiger partial charge in [0.2, 0.25) is 0 Å². The molecule has 1 aliphatic heterocycles. The Labute approximate surface area is 131 Å². The fraction of sp³-hybridized carbons (Fsp3) is 0.933. The minimum Gasteiger partial charge on any atom is -0.357 e. The maximum absolute atomic E-state index is 12.4. The predicted molar refractivity (Wildman–Crippen MR) is 84.1 cm³/mol. The number of likely N-dealkylation sites (tertiary alicyclic amines) is 1. The Morgan fingerprint density at radius 1 is 1.27 bits per heavy atom. The maximum atomic E-state index is 12.4. The smallest absolute Gasteiger partial charge is 0.357 e. The monoisotopic (exact) mass is 322 g/mol. The average Bonchev–Trinajstić information content (AvgIpc) is 2.85. The van der Waals surface area contributed by atoms with Gasteiger partial charge in [-0.25, -0.2) is 0 Å². The van der Waals surface area contributed by atoms with Gasteiger partial charge in [-0.2, -0.15) is 13.2 Å². The molecule has 0 saturated carbocycles. The number of nitrogens with zero attached hydrogens (tertiary/aromatic N) is 2. The molecule has 0 aromatic heterocycles. The lowest BCUT2D eigenvalue weighted by Crippen LogP contribution is -2.45. The first-order valence-corrected chi connectivity index (χ1v) is 8.21. The summed E-state index contributed by atoms with van der Waals surface area (Å²) in [6.07, 6.45) is -1.24. The lowest BCUT2D eigenvalue weighted by atomic mass is 10.0. The van der Waals surface area contributed by atoms with Gasteiger partial charge < -0.3 is 10.6 Å². The summed E-state index contributed by atoms with van der Waals surface area (Å²) in [5.74, 6) is 1.27. The van der Waals surface area contributed by atoms with E-state index in [2.05, 4.69) is 29.5 Å². The molecule has 0 bridgehead atoms. The molecule has 0 aromatic rings. The van der Waals surface area contributed by atoms with Crippen LogP contribution in [0.25, 0.3) is 0 Å². The quantitative estimate of drug-likeness (QED) is 0.559. The fourth-order valence-corrected chi connectivity index (χ4v) is 2.63. The van der Waals surface area contributed by atoms with Crippen LogP contribution in [0.1, 0.15) is 40.0 Å². The molecule has 1 atom stereocenters. The largest absolute Gasteiger partial charge is 0.401 e. The zero-order valence-electron chi connectivity index (χ0n) is 13.8. The summed E-state index contributed by atoms with van der Waals surface area (Å²) < 4.78 is 37.2. The van der Waals surface area contributed by atoms with Crippen molar-refractivity contribution in [2.24, 2.45) is 10.9 Å². The van der Waals surface area contributed by atoms with Crippen molar-refractivity contribution < 1.29 is 13.2 Å². The van der Waals surface area contributed by atoms with Gasteiger partial charge >= 0.3 is 6.18 Å². The van der Waals surface area contributed by atoms with Crippen molar-refractivity contribution in [2.45, 2.75) is 52.3 Å². The first-order valence-electron chi connectivity index (χ1n) is 8.21. The van der Waals surface area contributed by atoms with E-state index >= 15 is 0 Å². The number of hydrogen-bond acceptors (Lipinski definition) is 2. The highest BCUT2D eigenvalue weighted by atomic mass is 19.4. The number of aliphatic imine (C=N–C) groups is 1. The summed E-state index contributed by atoms with van der Waals surface area (Å²) in [6.45, 7) is 7.84. The van der Waals surface area contributed by atoms with Crippen LogP contribution in [0.2, 0.25) is 0 Å². The fourth-order valence-electron chi connectivity index (χ4n) is 2.63. The first kappa shape index (κ1) is 19.1. The van der Waals surface area contributed by atoms with Crippen LogP contribution < -0.4 is 10.6 Å². The van der Waals surface area contributed by atoms with Crippen LogP contribution in [0.4, 0.5) is 13.2 Å². The van der Waals surface area contributed by atoms with E-state index in [-0.39, 0.29) is 6.04 Å². The lowest BCUT2D eigenvalue weighted by molar-refractivity contribution is -0.143. The molecular formula is C15H29F3N4. The molecule has 130 valence electrons. The van der Waals surface area contributed by atoms with Crippen LogP contribution in [0.15, 0.2) is 4.99 Å². The summed E-state index contributed by atoms with van der Waals surface area (Å²) >= 11 is 0. The highest BCUT2D eigenvalue weighted by Gasteiger charge is 2.34. The van der Waals surface area contributed by atoms with Gasteiger partial charge in [0, 0.05) is 32.2 Å². The van der Waals surface area contributed by atoms with Crippen LogP contribution in [0, 0.1) is 5.92 Å². The second-order valence-corrected chi connectivity index (χ2v) is 5.88. The highest BCUT2D eigenvalue weighted by molar-refractivity contribution is 5.80. The Kier molecular flexibility index (Phi) is 8.00. The van der Waals surface area contributed by atoms with Gasteiger partial charge in [0.15, 0.2) is 5.96 Å². The third-order valence-electron chi connectivity index (χ3n) is 4.02. The topological polar surface area (TPSA) is 39.7 Å². The Balaban J connectivity index is 2.48. The molecule has 4 nitrogen and oxygen atoms in total. The average molecular weight is 322 g/mol. The van der Waals surface area contributed by atoms with E-state index < -0.39 is 12.7 Å². The zero-order valence-corrected chi connectivity index (χ0v) is 13.8. The second-order valence-electron chi connectivity index (χ2n) is 5.88. The molecule has 22 heavy (non-hydrogen) atoms. The predicted octanol–water partition coefficient (Wildman–Crippen LogP) is 2.61. The van der Waals surface area contributed by atoms with E-state index in [9.17, 15) is 13.2 Å². The number of hydrogen-bond donors (Lipinski definition) is 2. The lowest BCUT2D eigenvalue weighted by Gasteiger charge is -2.20. The van der Waals surface area contributed by atoms with Crippen molar-refractivity contribution in [1.82, 2.24) is 15.5 Å². The van der Waals surface area contributed by atoms with E-state index in [1.54, 1.807) is 0 Å². The molecule has 1 heterocycles. The number of rotatable bonds is 7. The molecule has 7 heteroatoms. The number of alkyl halides is 3. The SMILES string of the molecule is CCNC(=NCC(CC)CC)NC1CCN(CC(F)(F)F)C1. The van der Waals surface area contributed by atoms with Gasteiger partial charge in [0.25, 0.3) is 0 Å². The van der Waals surface area contributed by atoms with Crippen LogP contribution in [0.5, 0.6) is 0 Å². The third-order valence-corrected chi connectivity index (χ3v) is 4.02. The molecule has 1 saturated heterocycles. The Morgan fingerprint density at radius 3 is 2.50 bits per heavy atom. The molecule has 1 unspecified atom stereocenters. The molecule has 0 spiro atoms. The first-order chi connectivity index (χ1) is 10.4. The van der Waals surface area contributed by atoms with E-state index in [0.717, 1.165) is 25.9 Å². The van der Waals surface area contributed by atoms with Crippen molar-refractivity contribution in [3.8, 4) is 0 Å². The summed E-state index contributed by atoms with van der Waals surface area (Å²) in [5, 5.41) is 6.44. The molecule has 1 rings (SSSR count). The zero-order chi connectivity index (χ0) is 16.6.